The third-order valence-electron chi connectivity index (χ3n) is 6.20. The van der Waals surface area contributed by atoms with Gasteiger partial charge < -0.3 is 4.90 Å². The van der Waals surface area contributed by atoms with Crippen molar-refractivity contribution < 1.29 is 0 Å². The van der Waals surface area contributed by atoms with E-state index >= 15 is 0 Å². The smallest absolute Gasteiger partial charge is 0.232 e. The topological polar surface area (TPSA) is 64.7 Å². The molecule has 2 fully saturated rings. The van der Waals surface area contributed by atoms with Crippen molar-refractivity contribution in [2.24, 2.45) is 13.0 Å². The molecule has 2 aliphatic carbocycles. The van der Waals surface area contributed by atoms with Crippen molar-refractivity contribution in [3.05, 3.63) is 24.8 Å². The fourth-order valence-corrected chi connectivity index (χ4v) is 4.50. The van der Waals surface area contributed by atoms with Crippen LogP contribution < -0.4 is 4.90 Å². The van der Waals surface area contributed by atoms with Gasteiger partial charge in [-0.15, -0.1) is 0 Å². The second-order valence-corrected chi connectivity index (χ2v) is 8.29. The van der Waals surface area contributed by atoms with Gasteiger partial charge in [0.25, 0.3) is 0 Å². The van der Waals surface area contributed by atoms with Crippen molar-refractivity contribution in [1.82, 2.24) is 29.5 Å². The van der Waals surface area contributed by atoms with Gasteiger partial charge in [-0.2, -0.15) is 15.2 Å². The van der Waals surface area contributed by atoms with Crippen LogP contribution in [0.3, 0.4) is 0 Å². The van der Waals surface area contributed by atoms with Gasteiger partial charge >= 0.3 is 0 Å². The molecule has 2 aliphatic rings. The first-order valence-electron chi connectivity index (χ1n) is 10.2. The van der Waals surface area contributed by atoms with Gasteiger partial charge in [0, 0.05) is 25.5 Å². The summed E-state index contributed by atoms with van der Waals surface area (Å²) in [6, 6.07) is 0.905. The SMILES string of the molecule is C[C@H]1CCC[C@H](n2ncc3cnc(N(c4cnn(C)c4)C4CCC4)nc32)C1. The van der Waals surface area contributed by atoms with E-state index in [0.717, 1.165) is 28.6 Å². The molecule has 0 aromatic carbocycles. The number of rotatable bonds is 4. The fraction of sp³-hybridized carbons (Fsp3) is 0.600. The molecule has 7 heteroatoms. The van der Waals surface area contributed by atoms with Gasteiger partial charge in [0.05, 0.1) is 29.5 Å². The highest BCUT2D eigenvalue weighted by Crippen LogP contribution is 2.36. The van der Waals surface area contributed by atoms with Crippen LogP contribution in [0.1, 0.15) is 57.9 Å². The summed E-state index contributed by atoms with van der Waals surface area (Å²) < 4.78 is 3.99. The molecule has 0 N–H and O–H groups in total. The minimum atomic E-state index is 0.449. The number of aromatic nitrogens is 6. The molecule has 5 rings (SSSR count). The first kappa shape index (κ1) is 16.7. The minimum absolute atomic E-state index is 0.449. The highest BCUT2D eigenvalue weighted by atomic mass is 15.4. The summed E-state index contributed by atoms with van der Waals surface area (Å²) in [5.41, 5.74) is 2.03. The van der Waals surface area contributed by atoms with E-state index in [0.29, 0.717) is 12.1 Å². The molecule has 0 amide bonds. The quantitative estimate of drug-likeness (QED) is 0.699. The first-order valence-corrected chi connectivity index (χ1v) is 10.2. The van der Waals surface area contributed by atoms with Crippen LogP contribution in [0.2, 0.25) is 0 Å². The molecule has 0 radical (unpaired) electrons. The van der Waals surface area contributed by atoms with E-state index in [4.69, 9.17) is 9.97 Å². The predicted octanol–water partition coefficient (Wildman–Crippen LogP) is 4.00. The predicted molar refractivity (Wildman–Crippen MR) is 105 cm³/mol. The largest absolute Gasteiger partial charge is 0.304 e. The summed E-state index contributed by atoms with van der Waals surface area (Å²) >= 11 is 0. The lowest BCUT2D eigenvalue weighted by atomic mass is 9.87. The lowest BCUT2D eigenvalue weighted by molar-refractivity contribution is 0.271. The highest BCUT2D eigenvalue weighted by molar-refractivity contribution is 5.75. The van der Waals surface area contributed by atoms with Gasteiger partial charge in [-0.25, -0.2) is 9.67 Å². The van der Waals surface area contributed by atoms with E-state index in [2.05, 4.69) is 26.7 Å². The van der Waals surface area contributed by atoms with Crippen LogP contribution in [-0.2, 0) is 7.05 Å². The Kier molecular flexibility index (Phi) is 4.10. The third-order valence-corrected chi connectivity index (χ3v) is 6.20. The Hall–Kier alpha value is -2.44. The summed E-state index contributed by atoms with van der Waals surface area (Å²) in [4.78, 5) is 12.0. The fourth-order valence-electron chi connectivity index (χ4n) is 4.50. The number of fused-ring (bicyclic) bond motifs is 1. The molecule has 27 heavy (non-hydrogen) atoms. The van der Waals surface area contributed by atoms with Crippen LogP contribution >= 0.6 is 0 Å². The zero-order chi connectivity index (χ0) is 18.4. The van der Waals surface area contributed by atoms with Gasteiger partial charge in [-0.3, -0.25) is 4.68 Å². The molecular formula is C20H27N7. The van der Waals surface area contributed by atoms with Gasteiger partial charge in [-0.05, 0) is 38.0 Å². The zero-order valence-corrected chi connectivity index (χ0v) is 16.1. The molecule has 0 saturated heterocycles. The molecule has 3 heterocycles. The second kappa shape index (κ2) is 6.62. The standard InChI is InChI=1S/C20H27N7/c1-14-5-3-8-17(9-14)27-19-15(11-23-27)10-21-20(24-19)26(16-6-4-7-16)18-12-22-25(2)13-18/h10-14,16-17H,3-9H2,1-2H3/t14-,17-/m0/s1. The zero-order valence-electron chi connectivity index (χ0n) is 16.1. The number of hydrogen-bond donors (Lipinski definition) is 0. The molecule has 2 atom stereocenters. The third kappa shape index (κ3) is 2.99. The number of aryl methyl sites for hydroxylation is 1. The monoisotopic (exact) mass is 365 g/mol. The molecule has 142 valence electrons. The van der Waals surface area contributed by atoms with Crippen LogP contribution in [-0.4, -0.2) is 35.6 Å². The Labute approximate surface area is 159 Å². The molecule has 3 aromatic rings. The Morgan fingerprint density at radius 2 is 1.89 bits per heavy atom. The highest BCUT2D eigenvalue weighted by Gasteiger charge is 2.30. The number of anilines is 2. The first-order chi connectivity index (χ1) is 13.2. The molecule has 0 unspecified atom stereocenters. The molecular weight excluding hydrogens is 338 g/mol. The lowest BCUT2D eigenvalue weighted by Gasteiger charge is -2.36. The van der Waals surface area contributed by atoms with Crippen molar-refractivity contribution in [2.45, 2.75) is 64.0 Å². The molecule has 0 spiro atoms. The maximum absolute atomic E-state index is 5.00. The summed E-state index contributed by atoms with van der Waals surface area (Å²) in [7, 11) is 1.95. The van der Waals surface area contributed by atoms with Crippen molar-refractivity contribution in [3.63, 3.8) is 0 Å². The summed E-state index contributed by atoms with van der Waals surface area (Å²) in [5, 5.41) is 10.1. The summed E-state index contributed by atoms with van der Waals surface area (Å²) in [6.45, 7) is 2.35. The van der Waals surface area contributed by atoms with E-state index in [1.54, 1.807) is 0 Å². The molecule has 3 aromatic heterocycles. The molecule has 0 aliphatic heterocycles. The van der Waals surface area contributed by atoms with E-state index in [-0.39, 0.29) is 0 Å². The summed E-state index contributed by atoms with van der Waals surface area (Å²) in [5.74, 6) is 1.52. The van der Waals surface area contributed by atoms with Gasteiger partial charge in [0.2, 0.25) is 5.95 Å². The minimum Gasteiger partial charge on any atom is -0.304 e. The lowest BCUT2D eigenvalue weighted by Crippen LogP contribution is -2.37. The Balaban J connectivity index is 1.55. The van der Waals surface area contributed by atoms with Crippen molar-refractivity contribution in [3.8, 4) is 0 Å². The Morgan fingerprint density at radius 1 is 1.04 bits per heavy atom. The van der Waals surface area contributed by atoms with Gasteiger partial charge in [0.1, 0.15) is 0 Å². The maximum Gasteiger partial charge on any atom is 0.232 e. The normalized spacial score (nSPS) is 23.5. The second-order valence-electron chi connectivity index (χ2n) is 8.29. The van der Waals surface area contributed by atoms with Crippen LogP contribution in [0.5, 0.6) is 0 Å². The van der Waals surface area contributed by atoms with E-state index < -0.39 is 0 Å². The van der Waals surface area contributed by atoms with Crippen LogP contribution in [0.15, 0.2) is 24.8 Å². The van der Waals surface area contributed by atoms with Crippen molar-refractivity contribution in [2.75, 3.05) is 4.90 Å². The molecule has 7 nitrogen and oxygen atoms in total. The molecule has 2 saturated carbocycles. The number of hydrogen-bond acceptors (Lipinski definition) is 5. The average molecular weight is 365 g/mol. The van der Waals surface area contributed by atoms with E-state index in [1.165, 1.54) is 44.9 Å². The Morgan fingerprint density at radius 3 is 2.59 bits per heavy atom. The maximum atomic E-state index is 5.00. The van der Waals surface area contributed by atoms with Crippen LogP contribution in [0.4, 0.5) is 11.6 Å². The van der Waals surface area contributed by atoms with Crippen LogP contribution in [0, 0.1) is 5.92 Å². The van der Waals surface area contributed by atoms with Crippen molar-refractivity contribution in [1.29, 1.82) is 0 Å². The van der Waals surface area contributed by atoms with E-state index in [9.17, 15) is 0 Å². The van der Waals surface area contributed by atoms with Crippen molar-refractivity contribution >= 4 is 22.7 Å². The van der Waals surface area contributed by atoms with E-state index in [1.807, 2.05) is 36.5 Å². The number of nitrogens with zero attached hydrogens (tertiary/aromatic N) is 7. The Bertz CT molecular complexity index is 939. The van der Waals surface area contributed by atoms with Gasteiger partial charge in [0.15, 0.2) is 5.65 Å². The van der Waals surface area contributed by atoms with Gasteiger partial charge in [-0.1, -0.05) is 19.8 Å². The average Bonchev–Trinajstić information content (AvgIpc) is 3.23. The summed E-state index contributed by atoms with van der Waals surface area (Å²) in [6.07, 6.45) is 16.4. The molecule has 0 bridgehead atoms. The van der Waals surface area contributed by atoms with Crippen LogP contribution in [0.25, 0.3) is 11.0 Å².